The zero-order valence-corrected chi connectivity index (χ0v) is 16.0. The molecule has 1 amide bonds. The quantitative estimate of drug-likeness (QED) is 0.719. The molecule has 0 radical (unpaired) electrons. The van der Waals surface area contributed by atoms with Gasteiger partial charge in [-0.05, 0) is 24.6 Å². The fourth-order valence-corrected chi connectivity index (χ4v) is 3.74. The predicted octanol–water partition coefficient (Wildman–Crippen LogP) is 3.76. The standard InChI is InChI=1S/C18H15Cl2N5O2/c1-9-16-11(10-4-3-5-12(19)17(10)20)8-14(26)21-18(16)25(24-9)13-6-7-15(27-2)23-22-13/h3-7,11H,8H2,1-2H3,(H,21,26). The largest absolute Gasteiger partial charge is 0.480 e. The zero-order valence-electron chi connectivity index (χ0n) is 14.5. The highest BCUT2D eigenvalue weighted by Gasteiger charge is 2.34. The normalized spacial score (nSPS) is 16.0. The molecule has 0 spiro atoms. The number of aromatic nitrogens is 4. The number of hydrogen-bond donors (Lipinski definition) is 1. The molecule has 7 nitrogen and oxygen atoms in total. The van der Waals surface area contributed by atoms with E-state index in [-0.39, 0.29) is 18.2 Å². The summed E-state index contributed by atoms with van der Waals surface area (Å²) in [7, 11) is 1.52. The molecule has 4 rings (SSSR count). The van der Waals surface area contributed by atoms with Gasteiger partial charge in [0, 0.05) is 24.0 Å². The minimum atomic E-state index is -0.250. The van der Waals surface area contributed by atoms with Gasteiger partial charge in [0.1, 0.15) is 5.82 Å². The highest BCUT2D eigenvalue weighted by atomic mass is 35.5. The molecule has 1 aliphatic heterocycles. The fourth-order valence-electron chi connectivity index (χ4n) is 3.30. The summed E-state index contributed by atoms with van der Waals surface area (Å²) in [5, 5.41) is 16.4. The van der Waals surface area contributed by atoms with Gasteiger partial charge in [0.15, 0.2) is 5.82 Å². The van der Waals surface area contributed by atoms with Crippen molar-refractivity contribution in [3.05, 3.63) is 57.2 Å². The summed E-state index contributed by atoms with van der Waals surface area (Å²) >= 11 is 12.6. The number of carbonyl (C=O) groups excluding carboxylic acids is 1. The summed E-state index contributed by atoms with van der Waals surface area (Å²) in [4.78, 5) is 12.4. The van der Waals surface area contributed by atoms with E-state index in [1.54, 1.807) is 22.9 Å². The fraction of sp³-hybridized carbons (Fsp3) is 0.222. The van der Waals surface area contributed by atoms with Gasteiger partial charge >= 0.3 is 0 Å². The van der Waals surface area contributed by atoms with E-state index in [1.807, 2.05) is 19.1 Å². The molecule has 2 aromatic heterocycles. The summed E-state index contributed by atoms with van der Waals surface area (Å²) in [5.41, 5.74) is 2.45. The van der Waals surface area contributed by atoms with Crippen LogP contribution in [-0.2, 0) is 4.79 Å². The Morgan fingerprint density at radius 3 is 2.74 bits per heavy atom. The Bertz CT molecular complexity index is 1030. The van der Waals surface area contributed by atoms with Crippen LogP contribution < -0.4 is 10.1 Å². The van der Waals surface area contributed by atoms with Crippen molar-refractivity contribution >= 4 is 34.9 Å². The number of rotatable bonds is 3. The lowest BCUT2D eigenvalue weighted by atomic mass is 9.86. The van der Waals surface area contributed by atoms with Gasteiger partial charge < -0.3 is 10.1 Å². The monoisotopic (exact) mass is 403 g/mol. The number of anilines is 1. The van der Waals surface area contributed by atoms with E-state index in [2.05, 4.69) is 20.6 Å². The predicted molar refractivity (Wildman–Crippen MR) is 102 cm³/mol. The number of methoxy groups -OCH3 is 1. The molecule has 1 aliphatic rings. The molecule has 138 valence electrons. The first-order valence-electron chi connectivity index (χ1n) is 8.21. The first-order valence-corrected chi connectivity index (χ1v) is 8.96. The lowest BCUT2D eigenvalue weighted by molar-refractivity contribution is -0.116. The number of fused-ring (bicyclic) bond motifs is 1. The average molecular weight is 404 g/mol. The maximum atomic E-state index is 12.4. The Hall–Kier alpha value is -2.64. The Morgan fingerprint density at radius 1 is 1.22 bits per heavy atom. The van der Waals surface area contributed by atoms with Crippen molar-refractivity contribution in [2.45, 2.75) is 19.3 Å². The number of ether oxygens (including phenoxy) is 1. The number of carbonyl (C=O) groups is 1. The molecule has 9 heteroatoms. The molecule has 3 heterocycles. The summed E-state index contributed by atoms with van der Waals surface area (Å²) in [6.45, 7) is 1.88. The number of aryl methyl sites for hydroxylation is 1. The van der Waals surface area contributed by atoms with Gasteiger partial charge in [-0.1, -0.05) is 35.3 Å². The minimum Gasteiger partial charge on any atom is -0.480 e. The van der Waals surface area contributed by atoms with Crippen molar-refractivity contribution in [1.82, 2.24) is 20.0 Å². The number of nitrogens with one attached hydrogen (secondary N) is 1. The van der Waals surface area contributed by atoms with Gasteiger partial charge in [-0.3, -0.25) is 4.79 Å². The molecule has 1 N–H and O–H groups in total. The minimum absolute atomic E-state index is 0.133. The van der Waals surface area contributed by atoms with Crippen LogP contribution >= 0.6 is 23.2 Å². The van der Waals surface area contributed by atoms with Crippen molar-refractivity contribution in [2.24, 2.45) is 0 Å². The molecular weight excluding hydrogens is 389 g/mol. The van der Waals surface area contributed by atoms with Gasteiger partial charge in [-0.2, -0.15) is 9.78 Å². The molecular formula is C18H15Cl2N5O2. The number of benzene rings is 1. The molecule has 0 fully saturated rings. The molecule has 27 heavy (non-hydrogen) atoms. The van der Waals surface area contributed by atoms with Gasteiger partial charge in [-0.25, -0.2) is 0 Å². The van der Waals surface area contributed by atoms with E-state index >= 15 is 0 Å². The maximum absolute atomic E-state index is 12.4. The second-order valence-electron chi connectivity index (χ2n) is 6.14. The Kier molecular flexibility index (Phi) is 4.49. The molecule has 1 aromatic carbocycles. The summed E-state index contributed by atoms with van der Waals surface area (Å²) < 4.78 is 6.61. The van der Waals surface area contributed by atoms with Crippen LogP contribution in [-0.4, -0.2) is 33.0 Å². The van der Waals surface area contributed by atoms with E-state index in [0.29, 0.717) is 27.6 Å². The van der Waals surface area contributed by atoms with E-state index < -0.39 is 0 Å². The Morgan fingerprint density at radius 2 is 2.04 bits per heavy atom. The average Bonchev–Trinajstić information content (AvgIpc) is 3.00. The van der Waals surface area contributed by atoms with E-state index in [4.69, 9.17) is 27.9 Å². The van der Waals surface area contributed by atoms with Crippen LogP contribution in [0.2, 0.25) is 10.0 Å². The van der Waals surface area contributed by atoms with Gasteiger partial charge in [0.25, 0.3) is 0 Å². The molecule has 0 saturated heterocycles. The molecule has 1 unspecified atom stereocenters. The molecule has 0 saturated carbocycles. The van der Waals surface area contributed by atoms with Crippen LogP contribution in [0.5, 0.6) is 5.88 Å². The van der Waals surface area contributed by atoms with Crippen molar-refractivity contribution in [1.29, 1.82) is 0 Å². The van der Waals surface area contributed by atoms with E-state index in [1.165, 1.54) is 7.11 Å². The van der Waals surface area contributed by atoms with Gasteiger partial charge in [0.2, 0.25) is 11.8 Å². The number of halogens is 2. The van der Waals surface area contributed by atoms with Gasteiger partial charge in [0.05, 0.1) is 22.8 Å². The van der Waals surface area contributed by atoms with Crippen molar-refractivity contribution < 1.29 is 9.53 Å². The zero-order chi connectivity index (χ0) is 19.1. The van der Waals surface area contributed by atoms with Gasteiger partial charge in [-0.15, -0.1) is 10.2 Å². The third-order valence-electron chi connectivity index (χ3n) is 4.51. The van der Waals surface area contributed by atoms with Crippen LogP contribution in [0.15, 0.2) is 30.3 Å². The first-order chi connectivity index (χ1) is 13.0. The molecule has 1 atom stereocenters. The Labute approximate surface area is 165 Å². The highest BCUT2D eigenvalue weighted by Crippen LogP contribution is 2.43. The molecule has 0 aliphatic carbocycles. The van der Waals surface area contributed by atoms with Crippen LogP contribution in [0.4, 0.5) is 5.82 Å². The lowest BCUT2D eigenvalue weighted by Gasteiger charge is -2.25. The summed E-state index contributed by atoms with van der Waals surface area (Å²) in [6.07, 6.45) is 0.258. The van der Waals surface area contributed by atoms with Crippen LogP contribution in [0, 0.1) is 6.92 Å². The van der Waals surface area contributed by atoms with E-state index in [9.17, 15) is 4.79 Å². The molecule has 0 bridgehead atoms. The third kappa shape index (κ3) is 3.02. The number of nitrogens with zero attached hydrogens (tertiary/aromatic N) is 4. The third-order valence-corrected chi connectivity index (χ3v) is 5.35. The summed E-state index contributed by atoms with van der Waals surface area (Å²) in [5.74, 6) is 1.04. The smallest absolute Gasteiger partial charge is 0.233 e. The second kappa shape index (κ2) is 6.83. The molecule has 3 aromatic rings. The van der Waals surface area contributed by atoms with Crippen LogP contribution in [0.3, 0.4) is 0 Å². The van der Waals surface area contributed by atoms with Crippen LogP contribution in [0.1, 0.15) is 29.2 Å². The number of hydrogen-bond acceptors (Lipinski definition) is 5. The highest BCUT2D eigenvalue weighted by molar-refractivity contribution is 6.42. The topological polar surface area (TPSA) is 81.9 Å². The lowest BCUT2D eigenvalue weighted by Crippen LogP contribution is -2.25. The first kappa shape index (κ1) is 17.8. The maximum Gasteiger partial charge on any atom is 0.233 e. The Balaban J connectivity index is 1.87. The summed E-state index contributed by atoms with van der Waals surface area (Å²) in [6, 6.07) is 8.83. The van der Waals surface area contributed by atoms with Crippen molar-refractivity contribution in [3.8, 4) is 11.7 Å². The number of amides is 1. The van der Waals surface area contributed by atoms with Crippen molar-refractivity contribution in [3.63, 3.8) is 0 Å². The van der Waals surface area contributed by atoms with Crippen molar-refractivity contribution in [2.75, 3.05) is 12.4 Å². The van der Waals surface area contributed by atoms with E-state index in [0.717, 1.165) is 16.8 Å². The SMILES string of the molecule is COc1ccc(-n2nc(C)c3c2NC(=O)CC3c2cccc(Cl)c2Cl)nn1. The second-order valence-corrected chi connectivity index (χ2v) is 6.93. The van der Waals surface area contributed by atoms with Crippen LogP contribution in [0.25, 0.3) is 5.82 Å².